The average Bonchev–Trinajstić information content (AvgIpc) is 3.63. The maximum absolute atomic E-state index is 16.1. The molecule has 0 spiro atoms. The molecule has 40 heavy (non-hydrogen) atoms. The van der Waals surface area contributed by atoms with Gasteiger partial charge in [0.2, 0.25) is 0 Å². The summed E-state index contributed by atoms with van der Waals surface area (Å²) in [7, 11) is 0. The lowest BCUT2D eigenvalue weighted by atomic mass is 10.0. The third-order valence-corrected chi connectivity index (χ3v) is 7.67. The molecule has 0 radical (unpaired) electrons. The van der Waals surface area contributed by atoms with Crippen molar-refractivity contribution >= 4 is 27.8 Å². The summed E-state index contributed by atoms with van der Waals surface area (Å²) in [5, 5.41) is 7.70. The number of halogens is 1. The molecule has 8 nitrogen and oxygen atoms in total. The van der Waals surface area contributed by atoms with Crippen LogP contribution in [-0.2, 0) is 12.8 Å². The van der Waals surface area contributed by atoms with E-state index in [2.05, 4.69) is 59.3 Å². The first-order valence-electron chi connectivity index (χ1n) is 13.9. The fourth-order valence-electron chi connectivity index (χ4n) is 5.64. The number of hydrogen-bond donors (Lipinski definition) is 2. The fourth-order valence-corrected chi connectivity index (χ4v) is 5.64. The van der Waals surface area contributed by atoms with Crippen LogP contribution in [0.25, 0.3) is 44.8 Å². The Hall–Kier alpha value is -4.66. The standard InChI is InChI=1S/C31H29FN8/c32-26-25-23(19-35-27(26)22-16-21(17-33-18-22)11-7-10-20-8-3-1-4-9-20)38-39-29(25)31-36-28-24(12-13-34-30(28)37-31)40-14-5-2-6-15-40/h1,3-4,8-9,12-13,16-19H,2,5-7,10-11,14-15H2,(H,38,39)(H,34,36,37). The second kappa shape index (κ2) is 10.5. The SMILES string of the molecule is Fc1c(-c2cncc(CCCc3ccccc3)c2)ncc2[nH]nc(-c3nc4c(N5CCCCC5)ccnc4[nH]3)c12. The van der Waals surface area contributed by atoms with Crippen molar-refractivity contribution in [2.24, 2.45) is 0 Å². The second-order valence-electron chi connectivity index (χ2n) is 10.4. The molecule has 200 valence electrons. The van der Waals surface area contributed by atoms with Crippen LogP contribution in [0.3, 0.4) is 0 Å². The van der Waals surface area contributed by atoms with Crippen LogP contribution in [0.2, 0.25) is 0 Å². The molecule has 2 N–H and O–H groups in total. The highest BCUT2D eigenvalue weighted by Gasteiger charge is 2.22. The number of rotatable bonds is 7. The van der Waals surface area contributed by atoms with Crippen LogP contribution >= 0.6 is 0 Å². The minimum atomic E-state index is -0.450. The van der Waals surface area contributed by atoms with E-state index in [4.69, 9.17) is 4.98 Å². The molecule has 7 rings (SSSR count). The van der Waals surface area contributed by atoms with Crippen LogP contribution in [0.15, 0.2) is 67.3 Å². The fraction of sp³-hybridized carbons (Fsp3) is 0.258. The Morgan fingerprint density at radius 2 is 1.73 bits per heavy atom. The quantitative estimate of drug-likeness (QED) is 0.252. The van der Waals surface area contributed by atoms with Crippen molar-refractivity contribution in [3.63, 3.8) is 0 Å². The van der Waals surface area contributed by atoms with Crippen LogP contribution in [0.4, 0.5) is 10.1 Å². The van der Waals surface area contributed by atoms with Gasteiger partial charge in [-0.2, -0.15) is 5.10 Å². The average molecular weight is 533 g/mol. The molecule has 0 amide bonds. The van der Waals surface area contributed by atoms with Gasteiger partial charge in [0.05, 0.1) is 22.8 Å². The van der Waals surface area contributed by atoms with Crippen molar-refractivity contribution in [1.29, 1.82) is 0 Å². The van der Waals surface area contributed by atoms with Crippen LogP contribution in [-0.4, -0.2) is 48.2 Å². The smallest absolute Gasteiger partial charge is 0.161 e. The van der Waals surface area contributed by atoms with E-state index in [1.807, 2.05) is 24.4 Å². The molecule has 1 aliphatic rings. The Morgan fingerprint density at radius 1 is 0.875 bits per heavy atom. The predicted molar refractivity (Wildman–Crippen MR) is 154 cm³/mol. The summed E-state index contributed by atoms with van der Waals surface area (Å²) in [6.07, 6.45) is 13.3. The van der Waals surface area contributed by atoms with E-state index in [1.54, 1.807) is 18.6 Å². The van der Waals surface area contributed by atoms with Gasteiger partial charge < -0.3 is 9.88 Å². The monoisotopic (exact) mass is 532 g/mol. The summed E-state index contributed by atoms with van der Waals surface area (Å²) in [5.74, 6) is 0.0243. The lowest BCUT2D eigenvalue weighted by Crippen LogP contribution is -2.29. The zero-order valence-corrected chi connectivity index (χ0v) is 22.1. The highest BCUT2D eigenvalue weighted by molar-refractivity contribution is 5.96. The maximum atomic E-state index is 16.1. The lowest BCUT2D eigenvalue weighted by Gasteiger charge is -2.28. The van der Waals surface area contributed by atoms with E-state index in [-0.39, 0.29) is 5.69 Å². The van der Waals surface area contributed by atoms with Crippen LogP contribution in [0, 0.1) is 5.82 Å². The van der Waals surface area contributed by atoms with Crippen molar-refractivity contribution in [1.82, 2.24) is 35.1 Å². The van der Waals surface area contributed by atoms with E-state index in [0.717, 1.165) is 62.0 Å². The van der Waals surface area contributed by atoms with E-state index in [1.165, 1.54) is 12.0 Å². The van der Waals surface area contributed by atoms with Gasteiger partial charge in [-0.1, -0.05) is 30.3 Å². The number of aromatic nitrogens is 7. The molecule has 1 saturated heterocycles. The molecule has 1 aliphatic heterocycles. The number of hydrogen-bond acceptors (Lipinski definition) is 6. The first-order chi connectivity index (χ1) is 19.7. The number of pyridine rings is 3. The molecule has 0 aliphatic carbocycles. The van der Waals surface area contributed by atoms with Crippen molar-refractivity contribution in [2.75, 3.05) is 18.0 Å². The van der Waals surface area contributed by atoms with Gasteiger partial charge in [-0.25, -0.2) is 14.4 Å². The van der Waals surface area contributed by atoms with Crippen molar-refractivity contribution < 1.29 is 4.39 Å². The number of nitrogens with zero attached hydrogens (tertiary/aromatic N) is 6. The van der Waals surface area contributed by atoms with E-state index >= 15 is 4.39 Å². The molecule has 0 saturated carbocycles. The highest BCUT2D eigenvalue weighted by atomic mass is 19.1. The van der Waals surface area contributed by atoms with E-state index in [9.17, 15) is 0 Å². The molecular formula is C31H29FN8. The van der Waals surface area contributed by atoms with Crippen molar-refractivity contribution in [3.8, 4) is 22.8 Å². The molecule has 1 aromatic carbocycles. The summed E-state index contributed by atoms with van der Waals surface area (Å²) < 4.78 is 16.1. The molecule has 0 atom stereocenters. The van der Waals surface area contributed by atoms with Gasteiger partial charge in [0.1, 0.15) is 16.9 Å². The first-order valence-corrected chi connectivity index (χ1v) is 13.9. The van der Waals surface area contributed by atoms with Crippen molar-refractivity contribution in [3.05, 3.63) is 84.2 Å². The highest BCUT2D eigenvalue weighted by Crippen LogP contribution is 2.34. The number of imidazole rings is 1. The topological polar surface area (TPSA) is 99.3 Å². The molecule has 6 aromatic rings. The minimum Gasteiger partial charge on any atom is -0.370 e. The number of fused-ring (bicyclic) bond motifs is 2. The number of H-pyrrole nitrogens is 2. The molecule has 1 fully saturated rings. The predicted octanol–water partition coefficient (Wildman–Crippen LogP) is 6.26. The lowest BCUT2D eigenvalue weighted by molar-refractivity contribution is 0.578. The Kier molecular flexibility index (Phi) is 6.39. The van der Waals surface area contributed by atoms with Gasteiger partial charge >= 0.3 is 0 Å². The Morgan fingerprint density at radius 3 is 2.60 bits per heavy atom. The number of aryl methyl sites for hydroxylation is 2. The summed E-state index contributed by atoms with van der Waals surface area (Å²) in [4.78, 5) is 23.8. The summed E-state index contributed by atoms with van der Waals surface area (Å²) in [6.45, 7) is 1.99. The normalized spacial score (nSPS) is 13.9. The van der Waals surface area contributed by atoms with Gasteiger partial charge in [0.25, 0.3) is 0 Å². The zero-order chi connectivity index (χ0) is 26.9. The van der Waals surface area contributed by atoms with Crippen molar-refractivity contribution in [2.45, 2.75) is 38.5 Å². The Bertz CT molecular complexity index is 1790. The third-order valence-electron chi connectivity index (χ3n) is 7.67. The second-order valence-corrected chi connectivity index (χ2v) is 10.4. The van der Waals surface area contributed by atoms with E-state index in [0.29, 0.717) is 33.6 Å². The van der Waals surface area contributed by atoms with Gasteiger partial charge in [-0.15, -0.1) is 0 Å². The maximum Gasteiger partial charge on any atom is 0.161 e. The summed E-state index contributed by atoms with van der Waals surface area (Å²) >= 11 is 0. The van der Waals surface area contributed by atoms with Crippen LogP contribution < -0.4 is 4.90 Å². The minimum absolute atomic E-state index is 0.246. The van der Waals surface area contributed by atoms with Gasteiger partial charge in [-0.05, 0) is 61.8 Å². The summed E-state index contributed by atoms with van der Waals surface area (Å²) in [6, 6.07) is 14.4. The van der Waals surface area contributed by atoms with Gasteiger partial charge in [-0.3, -0.25) is 15.1 Å². The largest absolute Gasteiger partial charge is 0.370 e. The van der Waals surface area contributed by atoms with Gasteiger partial charge in [0, 0.05) is 37.2 Å². The van der Waals surface area contributed by atoms with Crippen LogP contribution in [0.5, 0.6) is 0 Å². The molecule has 6 heterocycles. The Labute approximate surface area is 230 Å². The number of aromatic amines is 2. The third kappa shape index (κ3) is 4.57. The summed E-state index contributed by atoms with van der Waals surface area (Å²) in [5.41, 5.74) is 6.65. The molecular weight excluding hydrogens is 503 g/mol. The molecule has 0 bridgehead atoms. The van der Waals surface area contributed by atoms with E-state index < -0.39 is 5.82 Å². The molecule has 5 aromatic heterocycles. The Balaban J connectivity index is 1.21. The first kappa shape index (κ1) is 24.4. The molecule has 0 unspecified atom stereocenters. The van der Waals surface area contributed by atoms with Crippen LogP contribution in [0.1, 0.15) is 36.8 Å². The molecule has 9 heteroatoms. The number of piperidine rings is 1. The number of anilines is 1. The number of benzene rings is 1. The zero-order valence-electron chi connectivity index (χ0n) is 22.1. The number of nitrogens with one attached hydrogen (secondary N) is 2. The van der Waals surface area contributed by atoms with Gasteiger partial charge in [0.15, 0.2) is 17.3 Å².